The van der Waals surface area contributed by atoms with Crippen molar-refractivity contribution in [2.24, 2.45) is 5.92 Å². The molecule has 0 radical (unpaired) electrons. The van der Waals surface area contributed by atoms with Crippen LogP contribution < -0.4 is 15.4 Å². The minimum Gasteiger partial charge on any atom is -0.346 e. The molecule has 13 heteroatoms. The maximum Gasteiger partial charge on any atom is 0.401 e. The monoisotopic (exact) mass is 484 g/mol. The van der Waals surface area contributed by atoms with Crippen molar-refractivity contribution in [1.82, 2.24) is 20.3 Å². The number of halogens is 3. The number of rotatable bonds is 8. The summed E-state index contributed by atoms with van der Waals surface area (Å²) in [6, 6.07) is 2.17. The Bertz CT molecular complexity index is 1260. The van der Waals surface area contributed by atoms with Crippen LogP contribution in [-0.4, -0.2) is 54.3 Å². The van der Waals surface area contributed by atoms with E-state index in [0.717, 1.165) is 6.26 Å². The van der Waals surface area contributed by atoms with Crippen molar-refractivity contribution in [3.63, 3.8) is 0 Å². The van der Waals surface area contributed by atoms with E-state index in [9.17, 15) is 26.4 Å². The number of anilines is 2. The molecule has 3 aromatic rings. The Morgan fingerprint density at radius 3 is 2.52 bits per heavy atom. The average molecular weight is 485 g/mol. The number of hydrogen-bond donors (Lipinski definition) is 4. The molecule has 0 saturated heterocycles. The van der Waals surface area contributed by atoms with Gasteiger partial charge >= 0.3 is 6.18 Å². The number of hydrogen-bond acceptors (Lipinski definition) is 6. The first-order valence-electron chi connectivity index (χ1n) is 9.84. The molecule has 178 valence electrons. The molecule has 9 nitrogen and oxygen atoms in total. The third-order valence-electron chi connectivity index (χ3n) is 4.62. The fourth-order valence-electron chi connectivity index (χ4n) is 3.24. The zero-order valence-corrected chi connectivity index (χ0v) is 18.8. The van der Waals surface area contributed by atoms with E-state index in [-0.39, 0.29) is 11.6 Å². The highest BCUT2D eigenvalue weighted by Crippen LogP contribution is 2.30. The van der Waals surface area contributed by atoms with Gasteiger partial charge in [-0.2, -0.15) is 13.2 Å². The number of pyridine rings is 2. The molecule has 1 atom stereocenters. The summed E-state index contributed by atoms with van der Waals surface area (Å²) in [6.07, 6.45) is 2.54. The van der Waals surface area contributed by atoms with Gasteiger partial charge in [0.15, 0.2) is 0 Å². The Balaban J connectivity index is 1.85. The molecule has 4 N–H and O–H groups in total. The van der Waals surface area contributed by atoms with Crippen LogP contribution in [-0.2, 0) is 14.8 Å². The van der Waals surface area contributed by atoms with Crippen LogP contribution in [0.4, 0.5) is 24.5 Å². The summed E-state index contributed by atoms with van der Waals surface area (Å²) in [4.78, 5) is 23.9. The van der Waals surface area contributed by atoms with Crippen LogP contribution >= 0.6 is 0 Å². The predicted molar refractivity (Wildman–Crippen MR) is 119 cm³/mol. The largest absolute Gasteiger partial charge is 0.401 e. The quantitative estimate of drug-likeness (QED) is 0.389. The molecule has 3 aromatic heterocycles. The molecule has 0 aromatic carbocycles. The van der Waals surface area contributed by atoms with E-state index in [4.69, 9.17) is 0 Å². The Labute approximate surface area is 188 Å². The van der Waals surface area contributed by atoms with Gasteiger partial charge in [-0.3, -0.25) is 19.8 Å². The maximum atomic E-state index is 12.6. The molecule has 33 heavy (non-hydrogen) atoms. The number of aromatic nitrogens is 3. The van der Waals surface area contributed by atoms with E-state index < -0.39 is 34.7 Å². The topological polar surface area (TPSA) is 129 Å². The summed E-state index contributed by atoms with van der Waals surface area (Å²) in [5.41, 5.74) is 2.31. The molecular weight excluding hydrogens is 461 g/mol. The van der Waals surface area contributed by atoms with Crippen molar-refractivity contribution in [2.45, 2.75) is 26.1 Å². The molecule has 0 unspecified atom stereocenters. The highest BCUT2D eigenvalue weighted by Gasteiger charge is 2.31. The second-order valence-electron chi connectivity index (χ2n) is 7.87. The van der Waals surface area contributed by atoms with Crippen LogP contribution in [0.25, 0.3) is 22.2 Å². The summed E-state index contributed by atoms with van der Waals surface area (Å²) < 4.78 is 63.1. The van der Waals surface area contributed by atoms with Gasteiger partial charge in [0.25, 0.3) is 0 Å². The van der Waals surface area contributed by atoms with E-state index in [1.165, 1.54) is 18.6 Å². The second kappa shape index (κ2) is 9.35. The fourth-order valence-corrected chi connectivity index (χ4v) is 3.78. The Morgan fingerprint density at radius 2 is 1.88 bits per heavy atom. The van der Waals surface area contributed by atoms with Crippen molar-refractivity contribution in [3.8, 4) is 11.1 Å². The summed E-state index contributed by atoms with van der Waals surface area (Å²) in [6.45, 7) is 2.00. The van der Waals surface area contributed by atoms with Crippen molar-refractivity contribution >= 4 is 38.3 Å². The Kier molecular flexibility index (Phi) is 6.93. The molecule has 0 bridgehead atoms. The molecule has 3 heterocycles. The van der Waals surface area contributed by atoms with Gasteiger partial charge in [0.1, 0.15) is 5.65 Å². The zero-order valence-electron chi connectivity index (χ0n) is 18.0. The lowest BCUT2D eigenvalue weighted by molar-refractivity contribution is -0.131. The number of nitrogens with one attached hydrogen (secondary N) is 4. The van der Waals surface area contributed by atoms with Crippen LogP contribution in [0.15, 0.2) is 36.9 Å². The van der Waals surface area contributed by atoms with Crippen molar-refractivity contribution in [3.05, 3.63) is 36.9 Å². The first-order chi connectivity index (χ1) is 15.3. The predicted octanol–water partition coefficient (Wildman–Crippen LogP) is 3.11. The van der Waals surface area contributed by atoms with Crippen LogP contribution in [0, 0.1) is 5.92 Å². The summed E-state index contributed by atoms with van der Waals surface area (Å²) in [5, 5.41) is 5.46. The number of H-pyrrole nitrogens is 1. The van der Waals surface area contributed by atoms with E-state index in [2.05, 4.69) is 30.3 Å². The molecule has 3 rings (SSSR count). The molecular formula is C20H23F3N6O3S. The Morgan fingerprint density at radius 1 is 1.15 bits per heavy atom. The standard InChI is InChI=1S/C20H23F3N6O3S/c1-11(2)17(27-10-20(21,22)23)19(30)28-13-4-12(6-24-7-13)16-9-26-18-15(16)5-14(8-25-18)29-33(3,31)32/h4-9,11,17,27,29H,10H2,1-3H3,(H,25,26)(H,28,30)/t17-/m1/s1. The van der Waals surface area contributed by atoms with E-state index in [1.54, 1.807) is 32.2 Å². The maximum absolute atomic E-state index is 12.6. The number of aromatic amines is 1. The number of carbonyl (C=O) groups is 1. The summed E-state index contributed by atoms with van der Waals surface area (Å²) in [5.74, 6) is -1.00. The first-order valence-corrected chi connectivity index (χ1v) is 11.7. The van der Waals surface area contributed by atoms with Crippen LogP contribution in [0.2, 0.25) is 0 Å². The van der Waals surface area contributed by atoms with Gasteiger partial charge in [0.2, 0.25) is 15.9 Å². The normalized spacial score (nSPS) is 13.3. The lowest BCUT2D eigenvalue weighted by Gasteiger charge is -2.22. The summed E-state index contributed by atoms with van der Waals surface area (Å²) in [7, 11) is -3.49. The minimum atomic E-state index is -4.44. The number of alkyl halides is 3. The van der Waals surface area contributed by atoms with Gasteiger partial charge in [0, 0.05) is 28.9 Å². The number of nitrogens with zero attached hydrogens (tertiary/aromatic N) is 2. The Hall–Kier alpha value is -3.19. The summed E-state index contributed by atoms with van der Waals surface area (Å²) >= 11 is 0. The molecule has 0 aliphatic rings. The van der Waals surface area contributed by atoms with Gasteiger partial charge in [-0.25, -0.2) is 13.4 Å². The van der Waals surface area contributed by atoms with E-state index in [0.29, 0.717) is 27.8 Å². The SMILES string of the molecule is CC(C)[C@@H](NCC(F)(F)F)C(=O)Nc1cncc(-c2c[nH]c3ncc(NS(C)(=O)=O)cc23)c1. The molecule has 0 aliphatic heterocycles. The molecule has 0 aliphatic carbocycles. The number of amides is 1. The first kappa shape index (κ1) is 24.5. The fraction of sp³-hybridized carbons (Fsp3) is 0.350. The number of sulfonamides is 1. The van der Waals surface area contributed by atoms with Gasteiger partial charge in [-0.15, -0.1) is 0 Å². The van der Waals surface area contributed by atoms with Gasteiger partial charge < -0.3 is 10.3 Å². The molecule has 0 saturated carbocycles. The third-order valence-corrected chi connectivity index (χ3v) is 5.23. The van der Waals surface area contributed by atoms with Gasteiger partial charge in [-0.05, 0) is 18.1 Å². The molecule has 0 fully saturated rings. The minimum absolute atomic E-state index is 0.277. The highest BCUT2D eigenvalue weighted by atomic mass is 32.2. The number of fused-ring (bicyclic) bond motifs is 1. The van der Waals surface area contributed by atoms with Crippen LogP contribution in [0.1, 0.15) is 13.8 Å². The molecule has 1 amide bonds. The van der Waals surface area contributed by atoms with Crippen molar-refractivity contribution in [2.75, 3.05) is 22.8 Å². The highest BCUT2D eigenvalue weighted by molar-refractivity contribution is 7.92. The number of carbonyl (C=O) groups excluding carboxylic acids is 1. The van der Waals surface area contributed by atoms with E-state index in [1.807, 2.05) is 0 Å². The smallest absolute Gasteiger partial charge is 0.346 e. The zero-order chi connectivity index (χ0) is 24.4. The van der Waals surface area contributed by atoms with Gasteiger partial charge in [0.05, 0.1) is 42.6 Å². The second-order valence-corrected chi connectivity index (χ2v) is 9.61. The molecule has 0 spiro atoms. The van der Waals surface area contributed by atoms with Crippen molar-refractivity contribution in [1.29, 1.82) is 0 Å². The van der Waals surface area contributed by atoms with E-state index >= 15 is 0 Å². The van der Waals surface area contributed by atoms with Crippen LogP contribution in [0.5, 0.6) is 0 Å². The lowest BCUT2D eigenvalue weighted by Crippen LogP contribution is -2.47. The van der Waals surface area contributed by atoms with Crippen molar-refractivity contribution < 1.29 is 26.4 Å². The van der Waals surface area contributed by atoms with Crippen LogP contribution in [0.3, 0.4) is 0 Å². The van der Waals surface area contributed by atoms with Gasteiger partial charge in [-0.1, -0.05) is 13.8 Å². The third kappa shape index (κ3) is 6.65. The lowest BCUT2D eigenvalue weighted by atomic mass is 10.0. The average Bonchev–Trinajstić information content (AvgIpc) is 3.09.